The number of aliphatic carboxylic acids is 2. The van der Waals surface area contributed by atoms with Gasteiger partial charge >= 0.3 is 17.7 Å². The number of carbonyl (C=O) groups is 2. The van der Waals surface area contributed by atoms with Gasteiger partial charge in [-0.3, -0.25) is 9.78 Å². The molecule has 4 N–H and O–H groups in total. The molecule has 8 heteroatoms. The molecule has 0 fully saturated rings. The van der Waals surface area contributed by atoms with Crippen LogP contribution in [0.2, 0.25) is 0 Å². The van der Waals surface area contributed by atoms with Crippen LogP contribution in [0.4, 0.5) is 5.69 Å². The number of hydrogen-bond acceptors (Lipinski definition) is 5. The van der Waals surface area contributed by atoms with Crippen molar-refractivity contribution in [3.8, 4) is 0 Å². The molecule has 0 saturated heterocycles. The second-order valence-electron chi connectivity index (χ2n) is 3.86. The third-order valence-electron chi connectivity index (χ3n) is 2.44. The average Bonchev–Trinajstić information content (AvgIpc) is 2.66. The summed E-state index contributed by atoms with van der Waals surface area (Å²) in [5, 5.41) is 20.1. The van der Waals surface area contributed by atoms with E-state index in [1.54, 1.807) is 0 Å². The largest absolute Gasteiger partial charge is 0.481 e. The molecular weight excluding hydrogens is 256 g/mol. The zero-order valence-corrected chi connectivity index (χ0v) is 9.54. The summed E-state index contributed by atoms with van der Waals surface area (Å²) in [7, 11) is 0. The van der Waals surface area contributed by atoms with Crippen molar-refractivity contribution in [1.82, 2.24) is 4.98 Å². The van der Waals surface area contributed by atoms with Gasteiger partial charge in [-0.25, -0.2) is 9.59 Å². The minimum atomic E-state index is -1.27. The Labute approximate surface area is 105 Å². The van der Waals surface area contributed by atoms with E-state index >= 15 is 0 Å². The van der Waals surface area contributed by atoms with Gasteiger partial charge in [-0.1, -0.05) is 0 Å². The topological polar surface area (TPSA) is 133 Å². The minimum Gasteiger partial charge on any atom is -0.481 e. The Morgan fingerprint density at radius 1 is 1.37 bits per heavy atom. The SMILES string of the molecule is O=C(O)CC(Nc1ccc2oc(=O)[nH]c2c1)C(=O)O. The molecule has 0 radical (unpaired) electrons. The van der Waals surface area contributed by atoms with E-state index in [1.807, 2.05) is 0 Å². The normalized spacial score (nSPS) is 12.2. The molecule has 2 rings (SSSR count). The molecule has 1 atom stereocenters. The number of carboxylic acid groups (broad SMARTS) is 2. The van der Waals surface area contributed by atoms with Crippen LogP contribution in [0, 0.1) is 0 Å². The molecule has 0 aliphatic heterocycles. The number of aromatic nitrogens is 1. The molecule has 0 saturated carbocycles. The number of rotatable bonds is 5. The molecule has 0 amide bonds. The summed E-state index contributed by atoms with van der Waals surface area (Å²) in [6.07, 6.45) is -0.560. The van der Waals surface area contributed by atoms with Gasteiger partial charge in [0.1, 0.15) is 6.04 Å². The quantitative estimate of drug-likeness (QED) is 0.617. The maximum atomic E-state index is 11.0. The molecule has 19 heavy (non-hydrogen) atoms. The van der Waals surface area contributed by atoms with Crippen molar-refractivity contribution >= 4 is 28.7 Å². The molecule has 1 heterocycles. The molecule has 8 nitrogen and oxygen atoms in total. The Morgan fingerprint density at radius 3 is 2.74 bits per heavy atom. The van der Waals surface area contributed by atoms with Crippen molar-refractivity contribution in [3.63, 3.8) is 0 Å². The monoisotopic (exact) mass is 266 g/mol. The highest BCUT2D eigenvalue weighted by atomic mass is 16.4. The van der Waals surface area contributed by atoms with Gasteiger partial charge in [-0.05, 0) is 18.2 Å². The Morgan fingerprint density at radius 2 is 2.11 bits per heavy atom. The second kappa shape index (κ2) is 4.84. The number of nitrogens with one attached hydrogen (secondary N) is 2. The van der Waals surface area contributed by atoms with Crippen molar-refractivity contribution in [2.24, 2.45) is 0 Å². The van der Waals surface area contributed by atoms with E-state index in [4.69, 9.17) is 14.6 Å². The molecule has 100 valence electrons. The van der Waals surface area contributed by atoms with Gasteiger partial charge in [-0.15, -0.1) is 0 Å². The zero-order valence-electron chi connectivity index (χ0n) is 9.54. The van der Waals surface area contributed by atoms with Gasteiger partial charge in [0.2, 0.25) is 0 Å². The molecule has 1 aromatic carbocycles. The molecule has 1 aromatic heterocycles. The van der Waals surface area contributed by atoms with Crippen LogP contribution < -0.4 is 11.1 Å². The van der Waals surface area contributed by atoms with Crippen LogP contribution in [0.3, 0.4) is 0 Å². The molecule has 1 unspecified atom stereocenters. The number of hydrogen-bond donors (Lipinski definition) is 4. The third kappa shape index (κ3) is 2.92. The summed E-state index contributed by atoms with van der Waals surface area (Å²) >= 11 is 0. The van der Waals surface area contributed by atoms with Crippen LogP contribution in [-0.2, 0) is 9.59 Å². The van der Waals surface area contributed by atoms with Crippen molar-refractivity contribution in [2.45, 2.75) is 12.5 Å². The highest BCUT2D eigenvalue weighted by Crippen LogP contribution is 2.17. The van der Waals surface area contributed by atoms with Gasteiger partial charge < -0.3 is 19.9 Å². The number of H-pyrrole nitrogens is 1. The highest BCUT2D eigenvalue weighted by Gasteiger charge is 2.20. The molecule has 0 bridgehead atoms. The second-order valence-corrected chi connectivity index (χ2v) is 3.86. The summed E-state index contributed by atoms with van der Waals surface area (Å²) in [5.74, 6) is -3.12. The smallest absolute Gasteiger partial charge is 0.417 e. The van der Waals surface area contributed by atoms with Gasteiger partial charge in [0.15, 0.2) is 5.58 Å². The first-order valence-electron chi connectivity index (χ1n) is 5.30. The van der Waals surface area contributed by atoms with Crippen LogP contribution in [0.5, 0.6) is 0 Å². The first-order chi connectivity index (χ1) is 8.95. The first kappa shape index (κ1) is 12.7. The highest BCUT2D eigenvalue weighted by molar-refractivity contribution is 5.84. The molecule has 2 aromatic rings. The van der Waals surface area contributed by atoms with Crippen LogP contribution in [0.25, 0.3) is 11.1 Å². The maximum Gasteiger partial charge on any atom is 0.417 e. The lowest BCUT2D eigenvalue weighted by atomic mass is 10.2. The summed E-state index contributed by atoms with van der Waals surface area (Å²) < 4.78 is 4.79. The number of fused-ring (bicyclic) bond motifs is 1. The number of carboxylic acids is 2. The van der Waals surface area contributed by atoms with Crippen LogP contribution in [0.1, 0.15) is 6.42 Å². The Hall–Kier alpha value is -2.77. The number of anilines is 1. The predicted molar refractivity (Wildman–Crippen MR) is 64.1 cm³/mol. The fourth-order valence-corrected chi connectivity index (χ4v) is 1.62. The van der Waals surface area contributed by atoms with Crippen molar-refractivity contribution in [2.75, 3.05) is 5.32 Å². The number of benzene rings is 1. The average molecular weight is 266 g/mol. The lowest BCUT2D eigenvalue weighted by Crippen LogP contribution is -2.31. The lowest BCUT2D eigenvalue weighted by Gasteiger charge is -2.13. The maximum absolute atomic E-state index is 11.0. The van der Waals surface area contributed by atoms with E-state index in [0.29, 0.717) is 16.8 Å². The third-order valence-corrected chi connectivity index (χ3v) is 2.44. The summed E-state index contributed by atoms with van der Waals surface area (Å²) in [6.45, 7) is 0. The van der Waals surface area contributed by atoms with E-state index in [1.165, 1.54) is 18.2 Å². The van der Waals surface area contributed by atoms with Crippen LogP contribution >= 0.6 is 0 Å². The first-order valence-corrected chi connectivity index (χ1v) is 5.30. The summed E-state index contributed by atoms with van der Waals surface area (Å²) in [4.78, 5) is 34.8. The minimum absolute atomic E-state index is 0.334. The Balaban J connectivity index is 2.25. The van der Waals surface area contributed by atoms with Crippen molar-refractivity contribution < 1.29 is 24.2 Å². The Bertz CT molecular complexity index is 686. The van der Waals surface area contributed by atoms with Gasteiger partial charge in [0, 0.05) is 5.69 Å². The van der Waals surface area contributed by atoms with Gasteiger partial charge in [0.25, 0.3) is 0 Å². The fraction of sp³-hybridized carbons (Fsp3) is 0.182. The lowest BCUT2D eigenvalue weighted by molar-refractivity contribution is -0.144. The molecule has 0 aliphatic carbocycles. The predicted octanol–water partition coefficient (Wildman–Crippen LogP) is 0.461. The summed E-state index contributed by atoms with van der Waals surface area (Å²) in [6, 6.07) is 3.19. The number of aromatic amines is 1. The van der Waals surface area contributed by atoms with E-state index in [0.717, 1.165) is 0 Å². The zero-order chi connectivity index (χ0) is 14.0. The van der Waals surface area contributed by atoms with E-state index in [9.17, 15) is 14.4 Å². The van der Waals surface area contributed by atoms with Crippen molar-refractivity contribution in [1.29, 1.82) is 0 Å². The van der Waals surface area contributed by atoms with Crippen molar-refractivity contribution in [3.05, 3.63) is 28.7 Å². The molecule has 0 aliphatic rings. The van der Waals surface area contributed by atoms with Crippen LogP contribution in [0.15, 0.2) is 27.4 Å². The van der Waals surface area contributed by atoms with E-state index in [-0.39, 0.29) is 0 Å². The van der Waals surface area contributed by atoms with Gasteiger partial charge in [-0.2, -0.15) is 0 Å². The molecular formula is C11H10N2O6. The standard InChI is InChI=1S/C11H10N2O6/c14-9(15)4-7(10(16)17)12-5-1-2-8-6(3-5)13-11(18)19-8/h1-3,7,12H,4H2,(H,13,18)(H,14,15)(H,16,17). The van der Waals surface area contributed by atoms with E-state index in [2.05, 4.69) is 10.3 Å². The Kier molecular flexibility index (Phi) is 3.23. The van der Waals surface area contributed by atoms with E-state index < -0.39 is 30.2 Å². The van der Waals surface area contributed by atoms with Crippen LogP contribution in [-0.4, -0.2) is 33.2 Å². The fourth-order valence-electron chi connectivity index (χ4n) is 1.62. The van der Waals surface area contributed by atoms with Gasteiger partial charge in [0.05, 0.1) is 11.9 Å². The summed E-state index contributed by atoms with van der Waals surface area (Å²) in [5.41, 5.74) is 1.10. The molecule has 0 spiro atoms. The number of oxazole rings is 1.